The lowest BCUT2D eigenvalue weighted by Gasteiger charge is -2.12. The molecule has 0 atom stereocenters. The van der Waals surface area contributed by atoms with E-state index in [0.29, 0.717) is 5.89 Å². The van der Waals surface area contributed by atoms with Crippen LogP contribution in [0.4, 0.5) is 0 Å². The molecule has 1 aromatic rings. The summed E-state index contributed by atoms with van der Waals surface area (Å²) in [5.41, 5.74) is 0.0360. The molecule has 0 saturated heterocycles. The summed E-state index contributed by atoms with van der Waals surface area (Å²) in [6, 6.07) is 0. The summed E-state index contributed by atoms with van der Waals surface area (Å²) in [6.45, 7) is 9.82. The number of hydrogen-bond acceptors (Lipinski definition) is 2. The van der Waals surface area contributed by atoms with Crippen LogP contribution in [0.3, 0.4) is 0 Å². The van der Waals surface area contributed by atoms with E-state index < -0.39 is 0 Å². The van der Waals surface area contributed by atoms with Gasteiger partial charge in [0.25, 0.3) is 0 Å². The Bertz CT molecular complexity index is 255. The first-order valence-corrected chi connectivity index (χ1v) is 3.63. The number of nitrogens with zero attached hydrogens (tertiary/aromatic N) is 1. The summed E-state index contributed by atoms with van der Waals surface area (Å²) in [4.78, 5) is 4.02. The highest BCUT2D eigenvalue weighted by molar-refractivity contribution is 5.33. The number of oxazole rings is 1. The molecule has 0 radical (unpaired) electrons. The topological polar surface area (TPSA) is 26.0 Å². The Morgan fingerprint density at radius 1 is 1.55 bits per heavy atom. The van der Waals surface area contributed by atoms with Crippen molar-refractivity contribution in [1.82, 2.24) is 4.98 Å². The minimum atomic E-state index is 0.0360. The van der Waals surface area contributed by atoms with Gasteiger partial charge in [-0.1, -0.05) is 27.4 Å². The highest BCUT2D eigenvalue weighted by Crippen LogP contribution is 2.22. The van der Waals surface area contributed by atoms with Gasteiger partial charge in [0.15, 0.2) is 0 Å². The van der Waals surface area contributed by atoms with E-state index in [0.717, 1.165) is 5.76 Å². The van der Waals surface area contributed by atoms with E-state index >= 15 is 0 Å². The van der Waals surface area contributed by atoms with Crippen LogP contribution in [0.5, 0.6) is 0 Å². The predicted octanol–water partition coefficient (Wildman–Crippen LogP) is 2.62. The van der Waals surface area contributed by atoms with E-state index in [2.05, 4.69) is 32.3 Å². The van der Waals surface area contributed by atoms with Crippen LogP contribution < -0.4 is 0 Å². The molecule has 0 fully saturated rings. The van der Waals surface area contributed by atoms with Crippen LogP contribution in [0.15, 0.2) is 17.2 Å². The molecule has 1 rings (SSSR count). The van der Waals surface area contributed by atoms with Gasteiger partial charge in [0, 0.05) is 5.41 Å². The maximum atomic E-state index is 5.37. The number of rotatable bonds is 1. The Labute approximate surface area is 66.9 Å². The molecule has 2 heteroatoms. The Kier molecular flexibility index (Phi) is 1.85. The lowest BCUT2D eigenvalue weighted by atomic mass is 9.94. The van der Waals surface area contributed by atoms with Crippen molar-refractivity contribution < 1.29 is 4.42 Å². The molecule has 0 spiro atoms. The molecular weight excluding hydrogens is 138 g/mol. The number of hydrogen-bond donors (Lipinski definition) is 0. The Morgan fingerprint density at radius 2 is 2.18 bits per heavy atom. The van der Waals surface area contributed by atoms with Crippen molar-refractivity contribution >= 4 is 6.08 Å². The zero-order chi connectivity index (χ0) is 8.48. The quantitative estimate of drug-likeness (QED) is 0.616. The van der Waals surface area contributed by atoms with Gasteiger partial charge >= 0.3 is 0 Å². The summed E-state index contributed by atoms with van der Waals surface area (Å²) in [5, 5.41) is 0. The third kappa shape index (κ3) is 1.70. The predicted molar refractivity (Wildman–Crippen MR) is 45.3 cm³/mol. The lowest BCUT2D eigenvalue weighted by molar-refractivity contribution is 0.403. The van der Waals surface area contributed by atoms with E-state index in [1.54, 1.807) is 12.3 Å². The average molecular weight is 151 g/mol. The molecular formula is C9H13NO. The van der Waals surface area contributed by atoms with Crippen LogP contribution in [0.2, 0.25) is 0 Å². The Balaban J connectivity index is 2.98. The fourth-order valence-electron chi connectivity index (χ4n) is 0.729. The molecule has 0 bridgehead atoms. The molecule has 2 nitrogen and oxygen atoms in total. The van der Waals surface area contributed by atoms with Gasteiger partial charge in [0.2, 0.25) is 5.89 Å². The van der Waals surface area contributed by atoms with Gasteiger partial charge in [0.05, 0.1) is 6.20 Å². The van der Waals surface area contributed by atoms with E-state index in [9.17, 15) is 0 Å². The van der Waals surface area contributed by atoms with Crippen LogP contribution in [0.1, 0.15) is 32.4 Å². The van der Waals surface area contributed by atoms with Crippen molar-refractivity contribution in [3.63, 3.8) is 0 Å². The lowest BCUT2D eigenvalue weighted by Crippen LogP contribution is -2.09. The second-order valence-electron chi connectivity index (χ2n) is 3.52. The highest BCUT2D eigenvalue weighted by atomic mass is 16.4. The molecule has 0 saturated carbocycles. The minimum absolute atomic E-state index is 0.0360. The van der Waals surface area contributed by atoms with Gasteiger partial charge < -0.3 is 4.42 Å². The van der Waals surface area contributed by atoms with Crippen molar-refractivity contribution in [3.8, 4) is 0 Å². The average Bonchev–Trinajstić information content (AvgIpc) is 2.32. The summed E-state index contributed by atoms with van der Waals surface area (Å²) < 4.78 is 5.37. The molecule has 1 heterocycles. The molecule has 0 aliphatic carbocycles. The Hall–Kier alpha value is -1.05. The second kappa shape index (κ2) is 2.53. The van der Waals surface area contributed by atoms with Crippen molar-refractivity contribution in [3.05, 3.63) is 24.4 Å². The fraction of sp³-hybridized carbons (Fsp3) is 0.444. The first-order chi connectivity index (χ1) is 5.04. The van der Waals surface area contributed by atoms with Crippen LogP contribution >= 0.6 is 0 Å². The van der Waals surface area contributed by atoms with Crippen LogP contribution in [0, 0.1) is 0 Å². The second-order valence-corrected chi connectivity index (χ2v) is 3.52. The summed E-state index contributed by atoms with van der Waals surface area (Å²) in [5.74, 6) is 1.49. The molecule has 0 aliphatic rings. The molecule has 0 N–H and O–H groups in total. The molecule has 0 aromatic carbocycles. The third-order valence-corrected chi connectivity index (χ3v) is 1.44. The van der Waals surface area contributed by atoms with Crippen molar-refractivity contribution in [2.75, 3.05) is 0 Å². The van der Waals surface area contributed by atoms with Gasteiger partial charge in [-0.05, 0) is 6.08 Å². The van der Waals surface area contributed by atoms with E-state index in [4.69, 9.17) is 4.42 Å². The first-order valence-electron chi connectivity index (χ1n) is 3.63. The van der Waals surface area contributed by atoms with Crippen molar-refractivity contribution in [2.24, 2.45) is 0 Å². The standard InChI is InChI=1S/C9H13NO/c1-5-8-10-6-7(11-8)9(2,3)4/h5-6H,1H2,2-4H3. The highest BCUT2D eigenvalue weighted by Gasteiger charge is 2.18. The van der Waals surface area contributed by atoms with Gasteiger partial charge in [-0.2, -0.15) is 0 Å². The smallest absolute Gasteiger partial charge is 0.218 e. The number of aromatic nitrogens is 1. The van der Waals surface area contributed by atoms with Crippen LogP contribution in [0.25, 0.3) is 6.08 Å². The zero-order valence-electron chi connectivity index (χ0n) is 7.22. The molecule has 11 heavy (non-hydrogen) atoms. The summed E-state index contributed by atoms with van der Waals surface area (Å²) >= 11 is 0. The summed E-state index contributed by atoms with van der Waals surface area (Å²) in [6.07, 6.45) is 3.35. The molecule has 0 amide bonds. The van der Waals surface area contributed by atoms with Crippen molar-refractivity contribution in [2.45, 2.75) is 26.2 Å². The van der Waals surface area contributed by atoms with Gasteiger partial charge in [-0.3, -0.25) is 0 Å². The van der Waals surface area contributed by atoms with Gasteiger partial charge in [0.1, 0.15) is 5.76 Å². The molecule has 0 unspecified atom stereocenters. The van der Waals surface area contributed by atoms with E-state index in [1.807, 2.05) is 0 Å². The van der Waals surface area contributed by atoms with E-state index in [1.165, 1.54) is 0 Å². The molecule has 60 valence electrons. The fourth-order valence-corrected chi connectivity index (χ4v) is 0.729. The van der Waals surface area contributed by atoms with Gasteiger partial charge in [-0.15, -0.1) is 0 Å². The normalized spacial score (nSPS) is 11.5. The first kappa shape index (κ1) is 8.05. The molecule has 1 aromatic heterocycles. The Morgan fingerprint density at radius 3 is 2.45 bits per heavy atom. The van der Waals surface area contributed by atoms with Gasteiger partial charge in [-0.25, -0.2) is 4.98 Å². The molecule has 0 aliphatic heterocycles. The monoisotopic (exact) mass is 151 g/mol. The summed E-state index contributed by atoms with van der Waals surface area (Å²) in [7, 11) is 0. The van der Waals surface area contributed by atoms with Crippen molar-refractivity contribution in [1.29, 1.82) is 0 Å². The third-order valence-electron chi connectivity index (χ3n) is 1.44. The van der Waals surface area contributed by atoms with Crippen LogP contribution in [-0.4, -0.2) is 4.98 Å². The minimum Gasteiger partial charge on any atom is -0.441 e. The zero-order valence-corrected chi connectivity index (χ0v) is 7.22. The largest absolute Gasteiger partial charge is 0.441 e. The maximum absolute atomic E-state index is 5.37. The van der Waals surface area contributed by atoms with Crippen LogP contribution in [-0.2, 0) is 5.41 Å². The van der Waals surface area contributed by atoms with E-state index in [-0.39, 0.29) is 5.41 Å². The SMILES string of the molecule is C=Cc1ncc(C(C)(C)C)o1. The maximum Gasteiger partial charge on any atom is 0.218 e.